The molecule has 1 aromatic carbocycles. The number of hydrogen-bond acceptors (Lipinski definition) is 1. The fourth-order valence-corrected chi connectivity index (χ4v) is 2.05. The molecule has 1 rings (SSSR count). The van der Waals surface area contributed by atoms with Gasteiger partial charge in [0.25, 0.3) is 0 Å². The average molecular weight is 237 g/mol. The van der Waals surface area contributed by atoms with Crippen LogP contribution in [0, 0.1) is 6.92 Å². The monoisotopic (exact) mass is 237 g/mol. The summed E-state index contributed by atoms with van der Waals surface area (Å²) >= 11 is 0. The van der Waals surface area contributed by atoms with E-state index >= 15 is 0 Å². The lowest BCUT2D eigenvalue weighted by atomic mass is 10.2. The Morgan fingerprint density at radius 2 is 1.94 bits per heavy atom. The Kier molecular flexibility index (Phi) is 6.01. The van der Waals surface area contributed by atoms with Crippen molar-refractivity contribution in [2.75, 3.05) is 0 Å². The normalized spacial score (nSPS) is 13.1. The van der Waals surface area contributed by atoms with Crippen molar-refractivity contribution < 1.29 is 4.21 Å². The molecule has 0 aliphatic heterocycles. The number of nitrogens with zero attached hydrogens (tertiary/aromatic N) is 1. The third-order valence-electron chi connectivity index (χ3n) is 2.33. The molecule has 0 radical (unpaired) electrons. The first kappa shape index (κ1) is 13.1. The molecule has 0 saturated heterocycles. The highest BCUT2D eigenvalue weighted by atomic mass is 32.2. The molecule has 1 aromatic rings. The van der Waals surface area contributed by atoms with Gasteiger partial charge in [0, 0.05) is 6.21 Å². The molecule has 1 atom stereocenters. The SMILES string of the molecule is CCCCC/C=N/[S@](=O)c1ccc(C)cc1. The number of unbranched alkanes of at least 4 members (excludes halogenated alkanes) is 3. The van der Waals surface area contributed by atoms with Crippen molar-refractivity contribution in [3.05, 3.63) is 29.8 Å². The van der Waals surface area contributed by atoms with Gasteiger partial charge in [-0.25, -0.2) is 4.21 Å². The van der Waals surface area contributed by atoms with E-state index in [4.69, 9.17) is 0 Å². The molecule has 0 fully saturated rings. The molecular weight excluding hydrogens is 218 g/mol. The zero-order chi connectivity index (χ0) is 11.8. The van der Waals surface area contributed by atoms with Crippen LogP contribution in [-0.4, -0.2) is 10.4 Å². The largest absolute Gasteiger partial charge is 0.230 e. The van der Waals surface area contributed by atoms with Crippen LogP contribution in [0.2, 0.25) is 0 Å². The standard InChI is InChI=1S/C13H19NOS/c1-3-4-5-6-11-14-16(15)13-9-7-12(2)8-10-13/h7-11H,3-6H2,1-2H3/b14-11+/t16-/m1/s1. The Hall–Kier alpha value is -0.960. The summed E-state index contributed by atoms with van der Waals surface area (Å²) in [5, 5.41) is 0. The summed E-state index contributed by atoms with van der Waals surface area (Å²) in [5.74, 6) is 0. The van der Waals surface area contributed by atoms with E-state index in [1.807, 2.05) is 31.2 Å². The van der Waals surface area contributed by atoms with Gasteiger partial charge >= 0.3 is 0 Å². The fourth-order valence-electron chi connectivity index (χ4n) is 1.32. The van der Waals surface area contributed by atoms with Gasteiger partial charge in [-0.05, 0) is 31.9 Å². The van der Waals surface area contributed by atoms with Crippen molar-refractivity contribution in [1.82, 2.24) is 0 Å². The second-order valence-electron chi connectivity index (χ2n) is 3.85. The van der Waals surface area contributed by atoms with Crippen LogP contribution in [0.1, 0.15) is 38.2 Å². The summed E-state index contributed by atoms with van der Waals surface area (Å²) in [6.07, 6.45) is 6.25. The van der Waals surface area contributed by atoms with E-state index in [0.29, 0.717) is 0 Å². The molecule has 0 saturated carbocycles. The van der Waals surface area contributed by atoms with E-state index in [9.17, 15) is 4.21 Å². The van der Waals surface area contributed by atoms with Crippen LogP contribution in [0.15, 0.2) is 33.6 Å². The highest BCUT2D eigenvalue weighted by Gasteiger charge is 1.99. The molecule has 0 N–H and O–H groups in total. The van der Waals surface area contributed by atoms with E-state index in [0.717, 1.165) is 17.7 Å². The van der Waals surface area contributed by atoms with Gasteiger partial charge in [0.2, 0.25) is 0 Å². The number of hydrogen-bond donors (Lipinski definition) is 0. The highest BCUT2D eigenvalue weighted by molar-refractivity contribution is 7.83. The summed E-state index contributed by atoms with van der Waals surface area (Å²) in [6, 6.07) is 7.66. The number of benzene rings is 1. The second-order valence-corrected chi connectivity index (χ2v) is 5.03. The van der Waals surface area contributed by atoms with Crippen LogP contribution < -0.4 is 0 Å². The van der Waals surface area contributed by atoms with Crippen molar-refractivity contribution in [3.63, 3.8) is 0 Å². The van der Waals surface area contributed by atoms with Crippen LogP contribution >= 0.6 is 0 Å². The molecule has 88 valence electrons. The van der Waals surface area contributed by atoms with Crippen LogP contribution in [-0.2, 0) is 11.0 Å². The summed E-state index contributed by atoms with van der Waals surface area (Å²) in [7, 11) is -1.23. The maximum Gasteiger partial charge on any atom is 0.172 e. The van der Waals surface area contributed by atoms with Crippen LogP contribution in [0.3, 0.4) is 0 Å². The van der Waals surface area contributed by atoms with Gasteiger partial charge in [-0.1, -0.05) is 37.5 Å². The Labute approximate surface area is 100 Å². The van der Waals surface area contributed by atoms with Crippen molar-refractivity contribution in [2.24, 2.45) is 4.40 Å². The van der Waals surface area contributed by atoms with Gasteiger partial charge in [0.1, 0.15) is 0 Å². The minimum Gasteiger partial charge on any atom is -0.230 e. The zero-order valence-corrected chi connectivity index (χ0v) is 10.8. The number of rotatable bonds is 6. The van der Waals surface area contributed by atoms with E-state index in [2.05, 4.69) is 11.3 Å². The van der Waals surface area contributed by atoms with E-state index in [1.165, 1.54) is 18.4 Å². The lowest BCUT2D eigenvalue weighted by Gasteiger charge is -1.97. The first-order chi connectivity index (χ1) is 7.74. The summed E-state index contributed by atoms with van der Waals surface area (Å²) in [5.41, 5.74) is 1.17. The summed E-state index contributed by atoms with van der Waals surface area (Å²) < 4.78 is 15.7. The average Bonchev–Trinajstić information content (AvgIpc) is 2.29. The molecule has 0 aliphatic carbocycles. The third-order valence-corrected chi connectivity index (χ3v) is 3.35. The lowest BCUT2D eigenvalue weighted by molar-refractivity contribution is 0.684. The van der Waals surface area contributed by atoms with E-state index < -0.39 is 11.0 Å². The molecule has 0 bridgehead atoms. The highest BCUT2D eigenvalue weighted by Crippen LogP contribution is 2.09. The topological polar surface area (TPSA) is 29.4 Å². The van der Waals surface area contributed by atoms with Gasteiger partial charge < -0.3 is 0 Å². The molecule has 0 aromatic heterocycles. The molecule has 0 amide bonds. The Balaban J connectivity index is 2.43. The van der Waals surface area contributed by atoms with E-state index in [1.54, 1.807) is 6.21 Å². The molecule has 0 aliphatic rings. The summed E-state index contributed by atoms with van der Waals surface area (Å²) in [6.45, 7) is 4.18. The molecule has 0 heterocycles. The molecule has 0 spiro atoms. The molecular formula is C13H19NOS. The predicted octanol–water partition coefficient (Wildman–Crippen LogP) is 3.67. The predicted molar refractivity (Wildman–Crippen MR) is 70.2 cm³/mol. The van der Waals surface area contributed by atoms with Gasteiger partial charge in [-0.15, -0.1) is 0 Å². The molecule has 3 heteroatoms. The zero-order valence-electron chi connectivity index (χ0n) is 9.98. The second kappa shape index (κ2) is 7.34. The Morgan fingerprint density at radius 3 is 2.56 bits per heavy atom. The van der Waals surface area contributed by atoms with Gasteiger partial charge in [0.05, 0.1) is 4.90 Å². The van der Waals surface area contributed by atoms with Crippen molar-refractivity contribution in [3.8, 4) is 0 Å². The number of aryl methyl sites for hydroxylation is 1. The summed E-state index contributed by atoms with van der Waals surface area (Å²) in [4.78, 5) is 0.775. The van der Waals surface area contributed by atoms with Crippen molar-refractivity contribution in [1.29, 1.82) is 0 Å². The van der Waals surface area contributed by atoms with Gasteiger partial charge in [0.15, 0.2) is 11.0 Å². The lowest BCUT2D eigenvalue weighted by Crippen LogP contribution is -1.88. The van der Waals surface area contributed by atoms with Crippen LogP contribution in [0.4, 0.5) is 0 Å². The Morgan fingerprint density at radius 1 is 1.25 bits per heavy atom. The maximum atomic E-state index is 11.7. The van der Waals surface area contributed by atoms with E-state index in [-0.39, 0.29) is 0 Å². The molecule has 0 unspecified atom stereocenters. The quantitative estimate of drug-likeness (QED) is 0.548. The van der Waals surface area contributed by atoms with Gasteiger partial charge in [-0.3, -0.25) is 0 Å². The minimum absolute atomic E-state index is 0.775. The molecule has 16 heavy (non-hydrogen) atoms. The Bertz CT molecular complexity index is 357. The first-order valence-corrected chi connectivity index (χ1v) is 6.86. The third kappa shape index (κ3) is 4.71. The van der Waals surface area contributed by atoms with Gasteiger partial charge in [-0.2, -0.15) is 4.40 Å². The van der Waals surface area contributed by atoms with Crippen LogP contribution in [0.5, 0.6) is 0 Å². The fraction of sp³-hybridized carbons (Fsp3) is 0.462. The smallest absolute Gasteiger partial charge is 0.172 e. The minimum atomic E-state index is -1.23. The van der Waals surface area contributed by atoms with Crippen molar-refractivity contribution in [2.45, 2.75) is 44.4 Å². The van der Waals surface area contributed by atoms with Crippen LogP contribution in [0.25, 0.3) is 0 Å². The first-order valence-electron chi connectivity index (χ1n) is 5.75. The maximum absolute atomic E-state index is 11.7. The molecule has 2 nitrogen and oxygen atoms in total. The van der Waals surface area contributed by atoms with Crippen molar-refractivity contribution >= 4 is 17.2 Å².